The summed E-state index contributed by atoms with van der Waals surface area (Å²) in [5.74, 6) is 1.64. The van der Waals surface area contributed by atoms with Crippen LogP contribution in [0.15, 0.2) is 23.8 Å². The van der Waals surface area contributed by atoms with Crippen molar-refractivity contribution < 1.29 is 4.79 Å². The SMILES string of the molecule is O=C(NC1CCCC1)C1=CN(c2ncnc3nc[nH]c23)CCS1. The highest BCUT2D eigenvalue weighted by atomic mass is 32.2. The van der Waals surface area contributed by atoms with Gasteiger partial charge in [-0.05, 0) is 12.8 Å². The molecule has 3 heterocycles. The number of anilines is 1. The Labute approximate surface area is 138 Å². The van der Waals surface area contributed by atoms with Gasteiger partial charge in [-0.2, -0.15) is 0 Å². The van der Waals surface area contributed by atoms with Crippen molar-refractivity contribution in [1.82, 2.24) is 25.3 Å². The number of carbonyl (C=O) groups excluding carboxylic acids is 1. The molecule has 2 N–H and O–H groups in total. The van der Waals surface area contributed by atoms with E-state index >= 15 is 0 Å². The maximum atomic E-state index is 12.5. The molecule has 8 heteroatoms. The van der Waals surface area contributed by atoms with Gasteiger partial charge < -0.3 is 15.2 Å². The van der Waals surface area contributed by atoms with Crippen molar-refractivity contribution in [3.63, 3.8) is 0 Å². The predicted octanol–water partition coefficient (Wildman–Crippen LogP) is 1.81. The second-order valence-electron chi connectivity index (χ2n) is 5.79. The summed E-state index contributed by atoms with van der Waals surface area (Å²) in [4.78, 5) is 30.9. The average molecular weight is 330 g/mol. The number of H-pyrrole nitrogens is 1. The Kier molecular flexibility index (Phi) is 3.90. The van der Waals surface area contributed by atoms with Gasteiger partial charge in [-0.1, -0.05) is 12.8 Å². The van der Waals surface area contributed by atoms with Crippen LogP contribution in [0.5, 0.6) is 0 Å². The summed E-state index contributed by atoms with van der Waals surface area (Å²) in [6.07, 6.45) is 9.61. The zero-order chi connectivity index (χ0) is 15.6. The molecule has 1 amide bonds. The van der Waals surface area contributed by atoms with Crippen molar-refractivity contribution in [3.8, 4) is 0 Å². The Hall–Kier alpha value is -2.09. The van der Waals surface area contributed by atoms with Crippen LogP contribution < -0.4 is 10.2 Å². The van der Waals surface area contributed by atoms with Crippen molar-refractivity contribution in [2.45, 2.75) is 31.7 Å². The highest BCUT2D eigenvalue weighted by Gasteiger charge is 2.23. The van der Waals surface area contributed by atoms with Crippen molar-refractivity contribution in [1.29, 1.82) is 0 Å². The third-order valence-corrected chi connectivity index (χ3v) is 5.24. The molecule has 120 valence electrons. The van der Waals surface area contributed by atoms with Crippen LogP contribution in [0, 0.1) is 0 Å². The molecule has 23 heavy (non-hydrogen) atoms. The standard InChI is InChI=1S/C15H18N6OS/c22-15(20-10-3-1-2-4-10)11-7-21(5-6-23-11)14-12-13(17-8-16-12)18-9-19-14/h7-10H,1-6H2,(H,20,22)(H,16,17,18,19). The molecule has 0 bridgehead atoms. The third kappa shape index (κ3) is 2.90. The molecule has 1 aliphatic carbocycles. The van der Waals surface area contributed by atoms with Crippen molar-refractivity contribution in [2.24, 2.45) is 0 Å². The number of hydrogen-bond acceptors (Lipinski definition) is 6. The Bertz CT molecular complexity index is 751. The number of carbonyl (C=O) groups is 1. The molecular weight excluding hydrogens is 312 g/mol. The topological polar surface area (TPSA) is 86.8 Å². The van der Waals surface area contributed by atoms with Crippen molar-refractivity contribution >= 4 is 34.7 Å². The smallest absolute Gasteiger partial charge is 0.259 e. The van der Waals surface area contributed by atoms with Crippen LogP contribution in [0.4, 0.5) is 5.82 Å². The molecule has 7 nitrogen and oxygen atoms in total. The van der Waals surface area contributed by atoms with Crippen LogP contribution >= 0.6 is 11.8 Å². The van der Waals surface area contributed by atoms with E-state index < -0.39 is 0 Å². The summed E-state index contributed by atoms with van der Waals surface area (Å²) in [5.41, 5.74) is 1.43. The molecule has 2 aromatic heterocycles. The fraction of sp³-hybridized carbons (Fsp3) is 0.467. The van der Waals surface area contributed by atoms with Gasteiger partial charge in [0, 0.05) is 24.5 Å². The quantitative estimate of drug-likeness (QED) is 0.892. The molecule has 1 saturated carbocycles. The summed E-state index contributed by atoms with van der Waals surface area (Å²) >= 11 is 1.60. The predicted molar refractivity (Wildman–Crippen MR) is 90.0 cm³/mol. The van der Waals surface area contributed by atoms with Crippen LogP contribution in [0.25, 0.3) is 11.2 Å². The molecule has 0 unspecified atom stereocenters. The van der Waals surface area contributed by atoms with Gasteiger partial charge in [0.1, 0.15) is 11.8 Å². The monoisotopic (exact) mass is 330 g/mol. The van der Waals surface area contributed by atoms with Crippen LogP contribution in [-0.2, 0) is 4.79 Å². The minimum absolute atomic E-state index is 0.0292. The van der Waals surface area contributed by atoms with E-state index in [0.29, 0.717) is 11.7 Å². The number of nitrogens with zero attached hydrogens (tertiary/aromatic N) is 4. The van der Waals surface area contributed by atoms with Crippen molar-refractivity contribution in [2.75, 3.05) is 17.2 Å². The molecule has 1 fully saturated rings. The Balaban J connectivity index is 1.57. The molecule has 0 aromatic carbocycles. The molecule has 1 aliphatic heterocycles. The van der Waals surface area contributed by atoms with Crippen LogP contribution in [0.2, 0.25) is 0 Å². The van der Waals surface area contributed by atoms with Gasteiger partial charge in [-0.15, -0.1) is 11.8 Å². The maximum absolute atomic E-state index is 12.5. The zero-order valence-electron chi connectivity index (χ0n) is 12.7. The van der Waals surface area contributed by atoms with E-state index in [1.165, 1.54) is 19.2 Å². The number of aromatic amines is 1. The lowest BCUT2D eigenvalue weighted by Crippen LogP contribution is -2.35. The highest BCUT2D eigenvalue weighted by molar-refractivity contribution is 8.04. The van der Waals surface area contributed by atoms with Crippen molar-refractivity contribution in [3.05, 3.63) is 23.8 Å². The number of nitrogens with one attached hydrogen (secondary N) is 2. The van der Waals surface area contributed by atoms with Gasteiger partial charge >= 0.3 is 0 Å². The van der Waals surface area contributed by atoms with Gasteiger partial charge in [-0.25, -0.2) is 15.0 Å². The van der Waals surface area contributed by atoms with E-state index in [1.807, 2.05) is 11.1 Å². The number of fused-ring (bicyclic) bond motifs is 1. The lowest BCUT2D eigenvalue weighted by atomic mass is 10.2. The van der Waals surface area contributed by atoms with E-state index in [0.717, 1.165) is 41.4 Å². The average Bonchev–Trinajstić information content (AvgIpc) is 3.25. The first-order valence-electron chi connectivity index (χ1n) is 7.87. The molecule has 2 aliphatic rings. The molecule has 0 saturated heterocycles. The fourth-order valence-electron chi connectivity index (χ4n) is 3.09. The molecular formula is C15H18N6OS. The first-order chi connectivity index (χ1) is 11.3. The normalized spacial score (nSPS) is 19.1. The Morgan fingerprint density at radius 3 is 3.04 bits per heavy atom. The number of amides is 1. The minimum Gasteiger partial charge on any atom is -0.349 e. The van der Waals surface area contributed by atoms with Crippen LogP contribution in [0.1, 0.15) is 25.7 Å². The number of imidazole rings is 1. The fourth-order valence-corrected chi connectivity index (χ4v) is 3.98. The van der Waals surface area contributed by atoms with Crippen LogP contribution in [-0.4, -0.2) is 44.2 Å². The molecule has 0 atom stereocenters. The van der Waals surface area contributed by atoms with Gasteiger partial charge in [0.05, 0.1) is 11.2 Å². The second-order valence-corrected chi connectivity index (χ2v) is 6.93. The molecule has 2 aromatic rings. The second kappa shape index (κ2) is 6.19. The van der Waals surface area contributed by atoms with Gasteiger partial charge in [0.25, 0.3) is 5.91 Å². The number of thioether (sulfide) groups is 1. The van der Waals surface area contributed by atoms with E-state index in [1.54, 1.807) is 18.1 Å². The zero-order valence-corrected chi connectivity index (χ0v) is 13.5. The first kappa shape index (κ1) is 14.5. The Morgan fingerprint density at radius 2 is 2.17 bits per heavy atom. The van der Waals surface area contributed by atoms with Gasteiger partial charge in [-0.3, -0.25) is 4.79 Å². The number of rotatable bonds is 3. The number of hydrogen-bond donors (Lipinski definition) is 2. The molecule has 0 spiro atoms. The summed E-state index contributed by atoms with van der Waals surface area (Å²) in [6, 6.07) is 0.331. The lowest BCUT2D eigenvalue weighted by molar-refractivity contribution is -0.117. The van der Waals surface area contributed by atoms with E-state index in [-0.39, 0.29) is 5.91 Å². The summed E-state index contributed by atoms with van der Waals surface area (Å²) in [7, 11) is 0. The van der Waals surface area contributed by atoms with E-state index in [9.17, 15) is 4.79 Å². The van der Waals surface area contributed by atoms with E-state index in [2.05, 4.69) is 25.3 Å². The summed E-state index contributed by atoms with van der Waals surface area (Å²) in [5, 5.41) is 3.15. The molecule has 4 rings (SSSR count). The summed E-state index contributed by atoms with van der Waals surface area (Å²) < 4.78 is 0. The number of aromatic nitrogens is 4. The van der Waals surface area contributed by atoms with Crippen LogP contribution in [0.3, 0.4) is 0 Å². The highest BCUT2D eigenvalue weighted by Crippen LogP contribution is 2.28. The summed E-state index contributed by atoms with van der Waals surface area (Å²) in [6.45, 7) is 0.802. The lowest BCUT2D eigenvalue weighted by Gasteiger charge is -2.25. The van der Waals surface area contributed by atoms with Gasteiger partial charge in [0.2, 0.25) is 0 Å². The van der Waals surface area contributed by atoms with Gasteiger partial charge in [0.15, 0.2) is 11.5 Å². The maximum Gasteiger partial charge on any atom is 0.259 e. The molecule has 0 radical (unpaired) electrons. The Morgan fingerprint density at radius 1 is 1.30 bits per heavy atom. The third-order valence-electron chi connectivity index (χ3n) is 4.25. The van der Waals surface area contributed by atoms with E-state index in [4.69, 9.17) is 0 Å². The minimum atomic E-state index is 0.0292. The largest absolute Gasteiger partial charge is 0.349 e. The first-order valence-corrected chi connectivity index (χ1v) is 8.86.